The van der Waals surface area contributed by atoms with E-state index in [-0.39, 0.29) is 5.69 Å². The number of aromatic nitrogens is 3. The standard InChI is InChI=1S/C10H7BrN4OS/c11-8-2-1-6(4-12)3-7(8)5-17-10-13-9(16)14-15-10/h1-3H,5H2,(H2,13,14,15,16). The first kappa shape index (κ1) is 12.0. The summed E-state index contributed by atoms with van der Waals surface area (Å²) in [6, 6.07) is 7.47. The summed E-state index contributed by atoms with van der Waals surface area (Å²) in [5, 5.41) is 15.4. The monoisotopic (exact) mass is 310 g/mol. The summed E-state index contributed by atoms with van der Waals surface area (Å²) in [6.07, 6.45) is 0. The number of halogens is 1. The minimum absolute atomic E-state index is 0.322. The molecule has 1 aromatic carbocycles. The average Bonchev–Trinajstić information content (AvgIpc) is 2.74. The molecule has 2 rings (SSSR count). The van der Waals surface area contributed by atoms with Gasteiger partial charge in [0, 0.05) is 10.2 Å². The molecule has 7 heteroatoms. The minimum atomic E-state index is -0.322. The summed E-state index contributed by atoms with van der Waals surface area (Å²) in [7, 11) is 0. The zero-order valence-corrected chi connectivity index (χ0v) is 10.9. The van der Waals surface area contributed by atoms with Crippen LogP contribution in [0.2, 0.25) is 0 Å². The minimum Gasteiger partial charge on any atom is -0.284 e. The predicted molar refractivity (Wildman–Crippen MR) is 67.6 cm³/mol. The van der Waals surface area contributed by atoms with Gasteiger partial charge in [-0.15, -0.1) is 5.10 Å². The van der Waals surface area contributed by atoms with E-state index in [1.807, 2.05) is 12.1 Å². The molecule has 0 spiro atoms. The number of nitriles is 1. The largest absolute Gasteiger partial charge is 0.341 e. The van der Waals surface area contributed by atoms with E-state index in [0.717, 1.165) is 10.0 Å². The summed E-state index contributed by atoms with van der Waals surface area (Å²) >= 11 is 4.81. The van der Waals surface area contributed by atoms with Crippen LogP contribution in [0.15, 0.2) is 32.6 Å². The molecule has 0 unspecified atom stereocenters. The third-order valence-electron chi connectivity index (χ3n) is 2.02. The molecule has 1 aromatic heterocycles. The van der Waals surface area contributed by atoms with Crippen LogP contribution in [0.1, 0.15) is 11.1 Å². The maximum atomic E-state index is 10.8. The van der Waals surface area contributed by atoms with Gasteiger partial charge < -0.3 is 0 Å². The molecular weight excluding hydrogens is 304 g/mol. The van der Waals surface area contributed by atoms with Gasteiger partial charge in [-0.1, -0.05) is 27.7 Å². The Labute approximate surface area is 109 Å². The second-order valence-corrected chi connectivity index (χ2v) is 5.01. The second kappa shape index (κ2) is 5.21. The first-order valence-corrected chi connectivity index (χ1v) is 6.43. The lowest BCUT2D eigenvalue weighted by Gasteiger charge is -2.02. The molecule has 0 atom stereocenters. The van der Waals surface area contributed by atoms with Crippen molar-refractivity contribution < 1.29 is 0 Å². The molecule has 2 aromatic rings. The Bertz CT molecular complexity index is 628. The number of hydrogen-bond donors (Lipinski definition) is 2. The van der Waals surface area contributed by atoms with Crippen LogP contribution in [0.25, 0.3) is 0 Å². The molecule has 0 aliphatic carbocycles. The van der Waals surface area contributed by atoms with Gasteiger partial charge in [0.05, 0.1) is 11.6 Å². The van der Waals surface area contributed by atoms with E-state index in [0.29, 0.717) is 16.5 Å². The van der Waals surface area contributed by atoms with Crippen LogP contribution in [0.4, 0.5) is 0 Å². The van der Waals surface area contributed by atoms with Crippen molar-refractivity contribution in [3.05, 3.63) is 44.3 Å². The molecule has 0 saturated carbocycles. The number of hydrogen-bond acceptors (Lipinski definition) is 4. The number of H-pyrrole nitrogens is 2. The van der Waals surface area contributed by atoms with Gasteiger partial charge in [0.15, 0.2) is 5.16 Å². The van der Waals surface area contributed by atoms with Gasteiger partial charge in [0.1, 0.15) is 0 Å². The highest BCUT2D eigenvalue weighted by Crippen LogP contribution is 2.25. The molecule has 0 aliphatic rings. The van der Waals surface area contributed by atoms with Gasteiger partial charge in [-0.3, -0.25) is 4.98 Å². The highest BCUT2D eigenvalue weighted by atomic mass is 79.9. The molecule has 0 fully saturated rings. The van der Waals surface area contributed by atoms with Crippen molar-refractivity contribution >= 4 is 27.7 Å². The quantitative estimate of drug-likeness (QED) is 0.849. The van der Waals surface area contributed by atoms with Gasteiger partial charge in [0.25, 0.3) is 0 Å². The van der Waals surface area contributed by atoms with Gasteiger partial charge >= 0.3 is 5.69 Å². The molecule has 17 heavy (non-hydrogen) atoms. The average molecular weight is 311 g/mol. The van der Waals surface area contributed by atoms with Crippen molar-refractivity contribution in [2.75, 3.05) is 0 Å². The van der Waals surface area contributed by atoms with Crippen LogP contribution >= 0.6 is 27.7 Å². The Morgan fingerprint density at radius 2 is 2.35 bits per heavy atom. The fourth-order valence-corrected chi connectivity index (χ4v) is 2.60. The normalized spacial score (nSPS) is 10.1. The lowest BCUT2D eigenvalue weighted by atomic mass is 10.2. The van der Waals surface area contributed by atoms with Gasteiger partial charge in [0.2, 0.25) is 0 Å². The number of nitrogens with one attached hydrogen (secondary N) is 2. The SMILES string of the molecule is N#Cc1ccc(Br)c(CSc2n[nH]c(=O)[nH]2)c1. The van der Waals surface area contributed by atoms with Gasteiger partial charge in [-0.2, -0.15) is 5.26 Å². The van der Waals surface area contributed by atoms with E-state index in [2.05, 4.69) is 37.2 Å². The molecule has 0 aliphatic heterocycles. The Morgan fingerprint density at radius 3 is 3.00 bits per heavy atom. The fourth-order valence-electron chi connectivity index (χ4n) is 1.22. The topological polar surface area (TPSA) is 85.3 Å². The van der Waals surface area contributed by atoms with Crippen molar-refractivity contribution in [1.29, 1.82) is 5.26 Å². The smallest absolute Gasteiger partial charge is 0.284 e. The molecule has 0 amide bonds. The van der Waals surface area contributed by atoms with Crippen molar-refractivity contribution in [1.82, 2.24) is 15.2 Å². The summed E-state index contributed by atoms with van der Waals surface area (Å²) in [5.74, 6) is 0.622. The summed E-state index contributed by atoms with van der Waals surface area (Å²) in [5.41, 5.74) is 1.27. The molecule has 0 bridgehead atoms. The van der Waals surface area contributed by atoms with E-state index < -0.39 is 0 Å². The molecule has 1 heterocycles. The van der Waals surface area contributed by atoms with E-state index in [1.165, 1.54) is 11.8 Å². The lowest BCUT2D eigenvalue weighted by Crippen LogP contribution is -2.00. The highest BCUT2D eigenvalue weighted by Gasteiger charge is 2.05. The number of rotatable bonds is 3. The van der Waals surface area contributed by atoms with E-state index in [9.17, 15) is 4.79 Å². The molecule has 5 nitrogen and oxygen atoms in total. The van der Waals surface area contributed by atoms with Crippen LogP contribution in [0.5, 0.6) is 0 Å². The predicted octanol–water partition coefficient (Wildman–Crippen LogP) is 2.02. The number of aromatic amines is 2. The third kappa shape index (κ3) is 2.99. The summed E-state index contributed by atoms with van der Waals surface area (Å²) in [4.78, 5) is 13.4. The lowest BCUT2D eigenvalue weighted by molar-refractivity contribution is 0.970. The Balaban J connectivity index is 2.13. The second-order valence-electron chi connectivity index (χ2n) is 3.19. The zero-order valence-electron chi connectivity index (χ0n) is 8.53. The Kier molecular flexibility index (Phi) is 3.66. The maximum absolute atomic E-state index is 10.8. The zero-order chi connectivity index (χ0) is 12.3. The van der Waals surface area contributed by atoms with E-state index in [1.54, 1.807) is 6.07 Å². The molecular formula is C10H7BrN4OS. The van der Waals surface area contributed by atoms with Crippen molar-refractivity contribution in [3.8, 4) is 6.07 Å². The number of nitrogens with zero attached hydrogens (tertiary/aromatic N) is 2. The Hall–Kier alpha value is -1.52. The van der Waals surface area contributed by atoms with Crippen molar-refractivity contribution in [2.45, 2.75) is 10.9 Å². The van der Waals surface area contributed by atoms with E-state index in [4.69, 9.17) is 5.26 Å². The van der Waals surface area contributed by atoms with Gasteiger partial charge in [-0.05, 0) is 23.8 Å². The van der Waals surface area contributed by atoms with Crippen LogP contribution in [0.3, 0.4) is 0 Å². The van der Waals surface area contributed by atoms with Crippen molar-refractivity contribution in [2.24, 2.45) is 0 Å². The Morgan fingerprint density at radius 1 is 1.53 bits per heavy atom. The first-order valence-electron chi connectivity index (χ1n) is 4.65. The molecule has 0 radical (unpaired) electrons. The van der Waals surface area contributed by atoms with Crippen LogP contribution in [0, 0.1) is 11.3 Å². The van der Waals surface area contributed by atoms with Gasteiger partial charge in [-0.25, -0.2) is 9.89 Å². The summed E-state index contributed by atoms with van der Waals surface area (Å²) < 4.78 is 0.932. The molecule has 0 saturated heterocycles. The van der Waals surface area contributed by atoms with Crippen molar-refractivity contribution in [3.63, 3.8) is 0 Å². The van der Waals surface area contributed by atoms with E-state index >= 15 is 0 Å². The first-order chi connectivity index (χ1) is 8.19. The number of benzene rings is 1. The maximum Gasteiger partial charge on any atom is 0.341 e. The molecule has 86 valence electrons. The number of thioether (sulfide) groups is 1. The van der Waals surface area contributed by atoms with Crippen LogP contribution in [-0.4, -0.2) is 15.2 Å². The van der Waals surface area contributed by atoms with Crippen LogP contribution < -0.4 is 5.69 Å². The fraction of sp³-hybridized carbons (Fsp3) is 0.100. The van der Waals surface area contributed by atoms with Crippen LogP contribution in [-0.2, 0) is 5.75 Å². The third-order valence-corrected chi connectivity index (χ3v) is 3.71. The summed E-state index contributed by atoms with van der Waals surface area (Å²) in [6.45, 7) is 0. The molecule has 2 N–H and O–H groups in total. The highest BCUT2D eigenvalue weighted by molar-refractivity contribution is 9.10.